The number of hydrogen-bond donors (Lipinski definition) is 2. The minimum absolute atomic E-state index is 0.169. The van der Waals surface area contributed by atoms with Gasteiger partial charge in [0, 0.05) is 44.5 Å². The number of rotatable bonds is 6. The van der Waals surface area contributed by atoms with Gasteiger partial charge in [-0.2, -0.15) is 0 Å². The normalized spacial score (nSPS) is 19.9. The zero-order valence-corrected chi connectivity index (χ0v) is 12.5. The largest absolute Gasteiger partial charge is 0.394 e. The molecule has 5 heteroatoms. The van der Waals surface area contributed by atoms with Crippen molar-refractivity contribution in [1.82, 2.24) is 15.2 Å². The van der Waals surface area contributed by atoms with Crippen molar-refractivity contribution in [2.75, 3.05) is 51.3 Å². The summed E-state index contributed by atoms with van der Waals surface area (Å²) in [5, 5.41) is 12.6. The number of piperazine rings is 1. The average Bonchev–Trinajstić information content (AvgIpc) is 2.54. The zero-order valence-electron chi connectivity index (χ0n) is 12.5. The molecule has 0 aliphatic carbocycles. The van der Waals surface area contributed by atoms with Crippen molar-refractivity contribution >= 4 is 5.82 Å². The lowest BCUT2D eigenvalue weighted by Gasteiger charge is -2.37. The Morgan fingerprint density at radius 1 is 1.30 bits per heavy atom. The Morgan fingerprint density at radius 2 is 2.05 bits per heavy atom. The van der Waals surface area contributed by atoms with Crippen LogP contribution in [-0.4, -0.2) is 66.9 Å². The molecule has 112 valence electrons. The van der Waals surface area contributed by atoms with E-state index in [-0.39, 0.29) is 12.1 Å². The van der Waals surface area contributed by atoms with E-state index in [0.29, 0.717) is 0 Å². The molecule has 2 heterocycles. The van der Waals surface area contributed by atoms with E-state index >= 15 is 0 Å². The first kappa shape index (κ1) is 15.2. The molecule has 0 aromatic carbocycles. The predicted octanol–water partition coefficient (Wildman–Crippen LogP) is 0.564. The maximum Gasteiger partial charge on any atom is 0.128 e. The van der Waals surface area contributed by atoms with Crippen LogP contribution in [0, 0.1) is 0 Å². The number of likely N-dealkylation sites (N-methyl/N-ethyl adjacent to an activating group) is 1. The Hall–Kier alpha value is -1.17. The lowest BCUT2D eigenvalue weighted by molar-refractivity contribution is 0.149. The summed E-state index contributed by atoms with van der Waals surface area (Å²) in [5.74, 6) is 1.07. The van der Waals surface area contributed by atoms with Crippen LogP contribution in [0.3, 0.4) is 0 Å². The Kier molecular flexibility index (Phi) is 5.34. The summed E-state index contributed by atoms with van der Waals surface area (Å²) >= 11 is 0. The number of aliphatic hydroxyl groups excluding tert-OH is 1. The molecule has 0 bridgehead atoms. The molecule has 2 N–H and O–H groups in total. The number of nitrogens with one attached hydrogen (secondary N) is 1. The molecule has 0 saturated carbocycles. The monoisotopic (exact) mass is 278 g/mol. The molecule has 20 heavy (non-hydrogen) atoms. The summed E-state index contributed by atoms with van der Waals surface area (Å²) in [6.45, 7) is 7.42. The number of aromatic nitrogens is 1. The summed E-state index contributed by atoms with van der Waals surface area (Å²) in [6, 6.07) is 6.06. The predicted molar refractivity (Wildman–Crippen MR) is 82.1 cm³/mol. The van der Waals surface area contributed by atoms with Gasteiger partial charge in [-0.15, -0.1) is 0 Å². The van der Waals surface area contributed by atoms with Crippen molar-refractivity contribution in [1.29, 1.82) is 0 Å². The Bertz CT molecular complexity index is 386. The number of pyridine rings is 1. The van der Waals surface area contributed by atoms with Crippen LogP contribution < -0.4 is 10.2 Å². The molecule has 5 nitrogen and oxygen atoms in total. The molecular formula is C15H26N4O. The van der Waals surface area contributed by atoms with E-state index in [9.17, 15) is 5.11 Å². The molecule has 1 aromatic heterocycles. The third kappa shape index (κ3) is 3.91. The van der Waals surface area contributed by atoms with E-state index in [1.807, 2.05) is 25.4 Å². The topological polar surface area (TPSA) is 51.6 Å². The molecule has 1 unspecified atom stereocenters. The molecule has 1 atom stereocenters. The van der Waals surface area contributed by atoms with Crippen molar-refractivity contribution < 1.29 is 5.11 Å². The van der Waals surface area contributed by atoms with Crippen LogP contribution in [0.5, 0.6) is 0 Å². The molecule has 1 saturated heterocycles. The van der Waals surface area contributed by atoms with E-state index in [1.165, 1.54) is 0 Å². The van der Waals surface area contributed by atoms with Gasteiger partial charge < -0.3 is 15.3 Å². The standard InChI is InChI=1S/C15H26N4O/c1-15(13-20,16-2)6-8-18-9-11-19(12-10-18)14-5-3-4-7-17-14/h3-5,7,16,20H,6,8-13H2,1-2H3. The SMILES string of the molecule is CNC(C)(CO)CCN1CCN(c2ccccn2)CC1. The van der Waals surface area contributed by atoms with Gasteiger partial charge in [-0.1, -0.05) is 6.07 Å². The van der Waals surface area contributed by atoms with Gasteiger partial charge >= 0.3 is 0 Å². The van der Waals surface area contributed by atoms with E-state index < -0.39 is 0 Å². The van der Waals surface area contributed by atoms with Crippen molar-refractivity contribution in [3.8, 4) is 0 Å². The first-order valence-corrected chi connectivity index (χ1v) is 7.35. The average molecular weight is 278 g/mol. The number of hydrogen-bond acceptors (Lipinski definition) is 5. The summed E-state index contributed by atoms with van der Waals surface area (Å²) in [7, 11) is 1.91. The van der Waals surface area contributed by atoms with E-state index in [2.05, 4.69) is 33.1 Å². The second kappa shape index (κ2) is 7.02. The third-order valence-electron chi connectivity index (χ3n) is 4.28. The van der Waals surface area contributed by atoms with Crippen molar-refractivity contribution in [2.45, 2.75) is 18.9 Å². The van der Waals surface area contributed by atoms with Crippen LogP contribution in [0.4, 0.5) is 5.82 Å². The number of nitrogens with zero attached hydrogens (tertiary/aromatic N) is 3. The fourth-order valence-corrected chi connectivity index (χ4v) is 2.43. The van der Waals surface area contributed by atoms with Crippen molar-refractivity contribution in [2.24, 2.45) is 0 Å². The minimum atomic E-state index is -0.169. The highest BCUT2D eigenvalue weighted by Crippen LogP contribution is 2.14. The smallest absolute Gasteiger partial charge is 0.128 e. The zero-order chi connectivity index (χ0) is 14.4. The Morgan fingerprint density at radius 3 is 2.60 bits per heavy atom. The van der Waals surface area contributed by atoms with E-state index in [1.54, 1.807) is 0 Å². The minimum Gasteiger partial charge on any atom is -0.394 e. The second-order valence-corrected chi connectivity index (χ2v) is 5.74. The lowest BCUT2D eigenvalue weighted by Crippen LogP contribution is -2.50. The van der Waals surface area contributed by atoms with Gasteiger partial charge in [0.15, 0.2) is 0 Å². The summed E-state index contributed by atoms with van der Waals surface area (Å²) in [5.41, 5.74) is -0.169. The Labute approximate surface area is 121 Å². The van der Waals surface area contributed by atoms with E-state index in [4.69, 9.17) is 0 Å². The van der Waals surface area contributed by atoms with Crippen LogP contribution in [0.25, 0.3) is 0 Å². The highest BCUT2D eigenvalue weighted by molar-refractivity contribution is 5.38. The number of anilines is 1. The summed E-state index contributed by atoms with van der Waals surface area (Å²) in [6.07, 6.45) is 2.81. The van der Waals surface area contributed by atoms with Crippen molar-refractivity contribution in [3.05, 3.63) is 24.4 Å². The van der Waals surface area contributed by atoms with Gasteiger partial charge in [0.25, 0.3) is 0 Å². The van der Waals surface area contributed by atoms with Crippen LogP contribution >= 0.6 is 0 Å². The highest BCUT2D eigenvalue weighted by atomic mass is 16.3. The van der Waals surface area contributed by atoms with E-state index in [0.717, 1.165) is 45.0 Å². The lowest BCUT2D eigenvalue weighted by atomic mass is 9.99. The van der Waals surface area contributed by atoms with Gasteiger partial charge in [0.1, 0.15) is 5.82 Å². The number of aliphatic hydroxyl groups is 1. The fraction of sp³-hybridized carbons (Fsp3) is 0.667. The molecule has 1 aliphatic heterocycles. The van der Waals surface area contributed by atoms with Gasteiger partial charge in [0.2, 0.25) is 0 Å². The molecule has 1 aromatic rings. The van der Waals surface area contributed by atoms with Crippen LogP contribution in [-0.2, 0) is 0 Å². The molecule has 0 amide bonds. The molecule has 1 aliphatic rings. The molecule has 0 radical (unpaired) electrons. The first-order valence-electron chi connectivity index (χ1n) is 7.35. The van der Waals surface area contributed by atoms with Crippen LogP contribution in [0.2, 0.25) is 0 Å². The molecule has 1 fully saturated rings. The fourth-order valence-electron chi connectivity index (χ4n) is 2.43. The molecular weight excluding hydrogens is 252 g/mol. The quantitative estimate of drug-likeness (QED) is 0.796. The first-order chi connectivity index (χ1) is 9.67. The van der Waals surface area contributed by atoms with Gasteiger partial charge in [0.05, 0.1) is 6.61 Å². The van der Waals surface area contributed by atoms with Gasteiger partial charge in [-0.05, 0) is 32.5 Å². The van der Waals surface area contributed by atoms with Gasteiger partial charge in [-0.3, -0.25) is 4.90 Å². The van der Waals surface area contributed by atoms with Crippen LogP contribution in [0.15, 0.2) is 24.4 Å². The maximum absolute atomic E-state index is 9.41. The third-order valence-corrected chi connectivity index (χ3v) is 4.28. The maximum atomic E-state index is 9.41. The summed E-state index contributed by atoms with van der Waals surface area (Å²) < 4.78 is 0. The molecule has 2 rings (SSSR count). The second-order valence-electron chi connectivity index (χ2n) is 5.74. The summed E-state index contributed by atoms with van der Waals surface area (Å²) in [4.78, 5) is 9.20. The molecule has 0 spiro atoms. The van der Waals surface area contributed by atoms with Gasteiger partial charge in [-0.25, -0.2) is 4.98 Å². The van der Waals surface area contributed by atoms with Crippen molar-refractivity contribution in [3.63, 3.8) is 0 Å². The Balaban J connectivity index is 1.77. The van der Waals surface area contributed by atoms with Crippen LogP contribution in [0.1, 0.15) is 13.3 Å². The highest BCUT2D eigenvalue weighted by Gasteiger charge is 2.23.